The molecule has 0 spiro atoms. The van der Waals surface area contributed by atoms with Crippen molar-refractivity contribution >= 4 is 68.1 Å². The summed E-state index contributed by atoms with van der Waals surface area (Å²) in [6, 6.07) is 10.7. The number of amides is 2. The molecule has 0 aliphatic carbocycles. The van der Waals surface area contributed by atoms with Crippen LogP contribution in [0.3, 0.4) is 0 Å². The third kappa shape index (κ3) is 5.57. The zero-order valence-corrected chi connectivity index (χ0v) is 19.5. The van der Waals surface area contributed by atoms with Crippen molar-refractivity contribution in [2.45, 2.75) is 26.4 Å². The van der Waals surface area contributed by atoms with E-state index in [4.69, 9.17) is 27.9 Å². The molecular weight excluding hydrogens is 497 g/mol. The number of carbonyl (C=O) groups is 2. The number of hydrogen-bond acceptors (Lipinski definition) is 4. The van der Waals surface area contributed by atoms with Crippen LogP contribution in [0.4, 0.5) is 4.79 Å². The Balaban J connectivity index is 1.70. The standard InChI is InChI=1S/C21H18BrCl2NO3S/c1-2-3-8-25-20(26)19(29-21(25)27)10-13-4-7-18(16(22)9-13)28-12-14-5-6-15(23)11-17(14)24/h4-7,9-11H,2-3,8,12H2,1H3/b19-10-. The van der Waals surface area contributed by atoms with Gasteiger partial charge in [-0.3, -0.25) is 14.5 Å². The van der Waals surface area contributed by atoms with Crippen molar-refractivity contribution in [1.29, 1.82) is 0 Å². The molecule has 8 heteroatoms. The Kier molecular flexibility index (Phi) is 7.68. The van der Waals surface area contributed by atoms with Gasteiger partial charge in [0.2, 0.25) is 0 Å². The molecule has 2 aromatic carbocycles. The molecule has 1 aliphatic rings. The smallest absolute Gasteiger partial charge is 0.293 e. The number of ether oxygens (including phenoxy) is 1. The van der Waals surface area contributed by atoms with Gasteiger partial charge in [-0.15, -0.1) is 0 Å². The molecule has 0 unspecified atom stereocenters. The molecule has 1 saturated heterocycles. The lowest BCUT2D eigenvalue weighted by Crippen LogP contribution is -2.29. The molecule has 4 nitrogen and oxygen atoms in total. The summed E-state index contributed by atoms with van der Waals surface area (Å²) in [7, 11) is 0. The highest BCUT2D eigenvalue weighted by atomic mass is 79.9. The van der Waals surface area contributed by atoms with Crippen LogP contribution in [0.25, 0.3) is 6.08 Å². The lowest BCUT2D eigenvalue weighted by Gasteiger charge is -2.11. The number of halogens is 3. The predicted molar refractivity (Wildman–Crippen MR) is 123 cm³/mol. The highest BCUT2D eigenvalue weighted by Gasteiger charge is 2.34. The Morgan fingerprint density at radius 1 is 1.17 bits per heavy atom. The van der Waals surface area contributed by atoms with E-state index < -0.39 is 0 Å². The molecule has 3 rings (SSSR count). The van der Waals surface area contributed by atoms with E-state index in [1.54, 1.807) is 24.3 Å². The van der Waals surface area contributed by atoms with Crippen LogP contribution in [-0.2, 0) is 11.4 Å². The predicted octanol–water partition coefficient (Wildman–Crippen LogP) is 7.17. The first-order valence-corrected chi connectivity index (χ1v) is 11.4. The molecule has 152 valence electrons. The number of unbranched alkanes of at least 4 members (excludes halogenated alkanes) is 1. The second-order valence-corrected chi connectivity index (χ2v) is 9.09. The molecule has 0 radical (unpaired) electrons. The van der Waals surface area contributed by atoms with Gasteiger partial charge in [-0.05, 0) is 70.0 Å². The molecule has 0 aromatic heterocycles. The van der Waals surface area contributed by atoms with Crippen LogP contribution in [0.2, 0.25) is 10.0 Å². The Labute approximate surface area is 192 Å². The van der Waals surface area contributed by atoms with Crippen LogP contribution in [0.1, 0.15) is 30.9 Å². The maximum absolute atomic E-state index is 12.5. The summed E-state index contributed by atoms with van der Waals surface area (Å²) in [6.45, 7) is 2.78. The van der Waals surface area contributed by atoms with E-state index in [9.17, 15) is 9.59 Å². The van der Waals surface area contributed by atoms with E-state index in [1.807, 2.05) is 25.1 Å². The maximum Gasteiger partial charge on any atom is 0.293 e. The summed E-state index contributed by atoms with van der Waals surface area (Å²) < 4.78 is 6.58. The average molecular weight is 515 g/mol. The number of rotatable bonds is 7. The van der Waals surface area contributed by atoms with E-state index in [1.165, 1.54) is 4.90 Å². The van der Waals surface area contributed by atoms with Crippen molar-refractivity contribution in [3.05, 3.63) is 66.9 Å². The van der Waals surface area contributed by atoms with E-state index in [-0.39, 0.29) is 11.1 Å². The Morgan fingerprint density at radius 2 is 1.97 bits per heavy atom. The second kappa shape index (κ2) is 10.0. The molecule has 2 amide bonds. The number of benzene rings is 2. The number of imide groups is 1. The van der Waals surface area contributed by atoms with Crippen LogP contribution < -0.4 is 4.74 Å². The zero-order chi connectivity index (χ0) is 21.0. The quantitative estimate of drug-likeness (QED) is 0.367. The fraction of sp³-hybridized carbons (Fsp3) is 0.238. The van der Waals surface area contributed by atoms with Gasteiger partial charge in [-0.25, -0.2) is 0 Å². The molecule has 29 heavy (non-hydrogen) atoms. The first kappa shape index (κ1) is 22.2. The van der Waals surface area contributed by atoms with Crippen molar-refractivity contribution in [2.24, 2.45) is 0 Å². The largest absolute Gasteiger partial charge is 0.488 e. The molecule has 0 N–H and O–H groups in total. The molecule has 1 fully saturated rings. The summed E-state index contributed by atoms with van der Waals surface area (Å²) >= 11 is 16.6. The van der Waals surface area contributed by atoms with Gasteiger partial charge in [-0.1, -0.05) is 48.7 Å². The van der Waals surface area contributed by atoms with E-state index in [2.05, 4.69) is 15.9 Å². The topological polar surface area (TPSA) is 46.6 Å². The monoisotopic (exact) mass is 513 g/mol. The fourth-order valence-electron chi connectivity index (χ4n) is 2.68. The van der Waals surface area contributed by atoms with Crippen molar-refractivity contribution in [2.75, 3.05) is 6.54 Å². The molecule has 2 aromatic rings. The number of thioether (sulfide) groups is 1. The van der Waals surface area contributed by atoms with Gasteiger partial charge in [0.25, 0.3) is 11.1 Å². The fourth-order valence-corrected chi connectivity index (χ4v) is 4.52. The minimum atomic E-state index is -0.234. The van der Waals surface area contributed by atoms with Crippen molar-refractivity contribution < 1.29 is 14.3 Å². The minimum absolute atomic E-state index is 0.214. The van der Waals surface area contributed by atoms with Crippen LogP contribution in [0.5, 0.6) is 5.75 Å². The SMILES string of the molecule is CCCCN1C(=O)S/C(=C\c2ccc(OCc3ccc(Cl)cc3Cl)c(Br)c2)C1=O. The summed E-state index contributed by atoms with van der Waals surface area (Å²) in [5, 5.41) is 0.904. The highest BCUT2D eigenvalue weighted by molar-refractivity contribution is 9.10. The van der Waals surface area contributed by atoms with Gasteiger partial charge < -0.3 is 4.74 Å². The Bertz CT molecular complexity index is 980. The lowest BCUT2D eigenvalue weighted by atomic mass is 10.2. The normalized spacial score (nSPS) is 15.4. The molecule has 0 atom stereocenters. The van der Waals surface area contributed by atoms with Gasteiger partial charge >= 0.3 is 0 Å². The number of carbonyl (C=O) groups excluding carboxylic acids is 2. The van der Waals surface area contributed by atoms with Crippen molar-refractivity contribution in [3.8, 4) is 5.75 Å². The van der Waals surface area contributed by atoms with Gasteiger partial charge in [0, 0.05) is 22.2 Å². The molecule has 0 bridgehead atoms. The molecular formula is C21H18BrCl2NO3S. The number of hydrogen-bond donors (Lipinski definition) is 0. The van der Waals surface area contributed by atoms with Gasteiger partial charge in [0.05, 0.1) is 9.38 Å². The molecule has 0 saturated carbocycles. The Hall–Kier alpha value is -1.47. The average Bonchev–Trinajstić information content (AvgIpc) is 2.93. The van der Waals surface area contributed by atoms with E-state index in [0.717, 1.165) is 40.2 Å². The molecule has 1 heterocycles. The number of nitrogens with zero attached hydrogens (tertiary/aromatic N) is 1. The van der Waals surface area contributed by atoms with E-state index >= 15 is 0 Å². The first-order valence-electron chi connectivity index (χ1n) is 9.00. The van der Waals surface area contributed by atoms with Crippen LogP contribution >= 0.6 is 50.9 Å². The lowest BCUT2D eigenvalue weighted by molar-refractivity contribution is -0.122. The second-order valence-electron chi connectivity index (χ2n) is 6.40. The van der Waals surface area contributed by atoms with Gasteiger partial charge in [0.15, 0.2) is 0 Å². The first-order chi connectivity index (χ1) is 13.9. The molecule has 1 aliphatic heterocycles. The summed E-state index contributed by atoms with van der Waals surface area (Å²) in [4.78, 5) is 26.2. The summed E-state index contributed by atoms with van der Waals surface area (Å²) in [6.07, 6.45) is 3.46. The zero-order valence-electron chi connectivity index (χ0n) is 15.6. The minimum Gasteiger partial charge on any atom is -0.488 e. The van der Waals surface area contributed by atoms with Crippen LogP contribution in [-0.4, -0.2) is 22.6 Å². The summed E-state index contributed by atoms with van der Waals surface area (Å²) in [5.41, 5.74) is 1.63. The van der Waals surface area contributed by atoms with Crippen molar-refractivity contribution in [3.63, 3.8) is 0 Å². The third-order valence-corrected chi connectivity index (χ3v) is 6.37. The maximum atomic E-state index is 12.5. The third-order valence-electron chi connectivity index (χ3n) is 4.26. The van der Waals surface area contributed by atoms with Crippen LogP contribution in [0, 0.1) is 0 Å². The van der Waals surface area contributed by atoms with Crippen LogP contribution in [0.15, 0.2) is 45.8 Å². The summed E-state index contributed by atoms with van der Waals surface area (Å²) in [5.74, 6) is 0.409. The van der Waals surface area contributed by atoms with E-state index in [0.29, 0.717) is 33.9 Å². The van der Waals surface area contributed by atoms with Crippen molar-refractivity contribution in [1.82, 2.24) is 4.90 Å². The van der Waals surface area contributed by atoms with Gasteiger partial charge in [0.1, 0.15) is 12.4 Å². The van der Waals surface area contributed by atoms with Gasteiger partial charge in [-0.2, -0.15) is 0 Å². The highest BCUT2D eigenvalue weighted by Crippen LogP contribution is 2.34. The Morgan fingerprint density at radius 3 is 2.66 bits per heavy atom.